The summed E-state index contributed by atoms with van der Waals surface area (Å²) in [5.41, 5.74) is 1.67. The lowest BCUT2D eigenvalue weighted by atomic mass is 9.98. The van der Waals surface area contributed by atoms with Gasteiger partial charge in [-0.3, -0.25) is 4.79 Å². The van der Waals surface area contributed by atoms with Crippen LogP contribution in [0.2, 0.25) is 0 Å². The molecule has 20 heavy (non-hydrogen) atoms. The molecule has 1 atom stereocenters. The molecule has 1 unspecified atom stereocenters. The summed E-state index contributed by atoms with van der Waals surface area (Å²) < 4.78 is 7.18. The van der Waals surface area contributed by atoms with E-state index < -0.39 is 0 Å². The normalized spacial score (nSPS) is 21.6. The number of hydrogen-bond donors (Lipinski definition) is 2. The molecule has 0 bridgehead atoms. The summed E-state index contributed by atoms with van der Waals surface area (Å²) in [6.45, 7) is 4.20. The summed E-state index contributed by atoms with van der Waals surface area (Å²) >= 11 is 0. The molecule has 5 nitrogen and oxygen atoms in total. The largest absolute Gasteiger partial charge is 0.383 e. The number of carbonyl (C=O) groups excluding carboxylic acids is 1. The van der Waals surface area contributed by atoms with Crippen LogP contribution in [0.25, 0.3) is 0 Å². The second-order valence-corrected chi connectivity index (χ2v) is 5.35. The number of nitrogens with one attached hydrogen (secondary N) is 2. The minimum atomic E-state index is -0.107. The van der Waals surface area contributed by atoms with Crippen LogP contribution in [0, 0.1) is 6.92 Å². The molecule has 0 aliphatic carbocycles. The molecule has 1 aromatic rings. The Balaban J connectivity index is 0.00000200. The standard InChI is InChI=1S/C14H23N3O2.ClH/c1-11-5-6-12(17(11)2)13(18)15-9-14(10-19-3)7-4-8-16-14;/h5-6,16H,4,7-10H2,1-3H3,(H,15,18);1H. The Hall–Kier alpha value is -1.04. The quantitative estimate of drug-likeness (QED) is 0.861. The van der Waals surface area contributed by atoms with E-state index in [4.69, 9.17) is 4.74 Å². The van der Waals surface area contributed by atoms with Crippen LogP contribution in [0.4, 0.5) is 0 Å². The Labute approximate surface area is 126 Å². The predicted octanol–water partition coefficient (Wildman–Crippen LogP) is 1.25. The Morgan fingerprint density at radius 1 is 1.55 bits per heavy atom. The highest BCUT2D eigenvalue weighted by Crippen LogP contribution is 2.19. The molecule has 1 aromatic heterocycles. The predicted molar refractivity (Wildman–Crippen MR) is 81.6 cm³/mol. The molecule has 1 fully saturated rings. The summed E-state index contributed by atoms with van der Waals surface area (Å²) in [6, 6.07) is 3.81. The van der Waals surface area contributed by atoms with Crippen molar-refractivity contribution < 1.29 is 9.53 Å². The molecule has 1 aliphatic rings. The molecule has 2 heterocycles. The Morgan fingerprint density at radius 2 is 2.30 bits per heavy atom. The zero-order valence-electron chi connectivity index (χ0n) is 12.4. The van der Waals surface area contributed by atoms with Crippen LogP contribution < -0.4 is 10.6 Å². The van der Waals surface area contributed by atoms with Gasteiger partial charge in [-0.2, -0.15) is 0 Å². The molecule has 2 rings (SSSR count). The number of methoxy groups -OCH3 is 1. The molecule has 1 saturated heterocycles. The molecular formula is C14H24ClN3O2. The van der Waals surface area contributed by atoms with E-state index in [9.17, 15) is 4.79 Å². The fourth-order valence-electron chi connectivity index (χ4n) is 2.65. The first kappa shape index (κ1) is 17.0. The van der Waals surface area contributed by atoms with Crippen molar-refractivity contribution in [3.05, 3.63) is 23.5 Å². The maximum Gasteiger partial charge on any atom is 0.267 e. The van der Waals surface area contributed by atoms with Gasteiger partial charge < -0.3 is 19.9 Å². The van der Waals surface area contributed by atoms with Gasteiger partial charge in [0.2, 0.25) is 0 Å². The molecule has 1 amide bonds. The summed E-state index contributed by atoms with van der Waals surface area (Å²) in [5.74, 6) is -0.0280. The maximum atomic E-state index is 12.2. The minimum Gasteiger partial charge on any atom is -0.383 e. The van der Waals surface area contributed by atoms with Gasteiger partial charge in [-0.1, -0.05) is 0 Å². The van der Waals surface area contributed by atoms with Crippen molar-refractivity contribution in [3.8, 4) is 0 Å². The summed E-state index contributed by atoms with van der Waals surface area (Å²) in [7, 11) is 3.60. The highest BCUT2D eigenvalue weighted by atomic mass is 35.5. The van der Waals surface area contributed by atoms with Crippen LogP contribution in [-0.4, -0.2) is 42.8 Å². The minimum absolute atomic E-state index is 0. The SMILES string of the molecule is COCC1(CNC(=O)c2ccc(C)n2C)CCCN1.Cl. The third-order valence-electron chi connectivity index (χ3n) is 3.95. The monoisotopic (exact) mass is 301 g/mol. The number of carbonyl (C=O) groups is 1. The summed E-state index contributed by atoms with van der Waals surface area (Å²) in [4.78, 5) is 12.2. The van der Waals surface area contributed by atoms with E-state index in [1.807, 2.05) is 30.7 Å². The number of aromatic nitrogens is 1. The molecule has 6 heteroatoms. The van der Waals surface area contributed by atoms with Gasteiger partial charge in [0.15, 0.2) is 0 Å². The van der Waals surface area contributed by atoms with Crippen LogP contribution >= 0.6 is 12.4 Å². The molecule has 2 N–H and O–H groups in total. The van der Waals surface area contributed by atoms with Crippen LogP contribution in [-0.2, 0) is 11.8 Å². The molecule has 0 aromatic carbocycles. The van der Waals surface area contributed by atoms with Crippen molar-refractivity contribution in [2.75, 3.05) is 26.8 Å². The molecule has 1 aliphatic heterocycles. The van der Waals surface area contributed by atoms with Crippen molar-refractivity contribution >= 4 is 18.3 Å². The number of rotatable bonds is 5. The highest BCUT2D eigenvalue weighted by Gasteiger charge is 2.33. The van der Waals surface area contributed by atoms with Crippen molar-refractivity contribution in [1.82, 2.24) is 15.2 Å². The zero-order chi connectivity index (χ0) is 13.9. The summed E-state index contributed by atoms with van der Waals surface area (Å²) in [6.07, 6.45) is 2.16. The van der Waals surface area contributed by atoms with E-state index in [0.717, 1.165) is 25.1 Å². The fraction of sp³-hybridized carbons (Fsp3) is 0.643. The number of hydrogen-bond acceptors (Lipinski definition) is 3. The van der Waals surface area contributed by atoms with E-state index >= 15 is 0 Å². The average molecular weight is 302 g/mol. The van der Waals surface area contributed by atoms with E-state index in [1.165, 1.54) is 0 Å². The van der Waals surface area contributed by atoms with Crippen LogP contribution in [0.5, 0.6) is 0 Å². The Bertz CT molecular complexity index is 453. The number of ether oxygens (including phenoxy) is 1. The fourth-order valence-corrected chi connectivity index (χ4v) is 2.65. The van der Waals surface area contributed by atoms with Crippen LogP contribution in [0.15, 0.2) is 12.1 Å². The Kier molecular flexibility index (Phi) is 6.05. The lowest BCUT2D eigenvalue weighted by Gasteiger charge is -2.29. The van der Waals surface area contributed by atoms with Crippen molar-refractivity contribution in [2.45, 2.75) is 25.3 Å². The number of nitrogens with zero attached hydrogens (tertiary/aromatic N) is 1. The van der Waals surface area contributed by atoms with E-state index in [2.05, 4.69) is 10.6 Å². The molecular weight excluding hydrogens is 278 g/mol. The molecule has 0 saturated carbocycles. The van der Waals surface area contributed by atoms with Gasteiger partial charge in [-0.05, 0) is 38.4 Å². The van der Waals surface area contributed by atoms with E-state index in [1.54, 1.807) is 7.11 Å². The van der Waals surface area contributed by atoms with Crippen molar-refractivity contribution in [1.29, 1.82) is 0 Å². The third-order valence-corrected chi connectivity index (χ3v) is 3.95. The number of halogens is 1. The maximum absolute atomic E-state index is 12.2. The summed E-state index contributed by atoms with van der Waals surface area (Å²) in [5, 5.41) is 6.47. The van der Waals surface area contributed by atoms with Gasteiger partial charge in [0, 0.05) is 26.4 Å². The second kappa shape index (κ2) is 7.11. The first-order valence-electron chi connectivity index (χ1n) is 6.72. The van der Waals surface area contributed by atoms with Crippen LogP contribution in [0.3, 0.4) is 0 Å². The smallest absolute Gasteiger partial charge is 0.267 e. The van der Waals surface area contributed by atoms with Gasteiger partial charge in [0.05, 0.1) is 12.1 Å². The average Bonchev–Trinajstić information content (AvgIpc) is 2.97. The van der Waals surface area contributed by atoms with Crippen molar-refractivity contribution in [2.24, 2.45) is 7.05 Å². The van der Waals surface area contributed by atoms with Gasteiger partial charge >= 0.3 is 0 Å². The lowest BCUT2D eigenvalue weighted by Crippen LogP contribution is -2.53. The topological polar surface area (TPSA) is 55.3 Å². The van der Waals surface area contributed by atoms with Crippen LogP contribution in [0.1, 0.15) is 29.0 Å². The van der Waals surface area contributed by atoms with Gasteiger partial charge in [0.25, 0.3) is 5.91 Å². The molecule has 114 valence electrons. The number of aryl methyl sites for hydroxylation is 1. The zero-order valence-corrected chi connectivity index (χ0v) is 13.2. The van der Waals surface area contributed by atoms with Gasteiger partial charge in [-0.15, -0.1) is 12.4 Å². The Morgan fingerprint density at radius 3 is 2.80 bits per heavy atom. The lowest BCUT2D eigenvalue weighted by molar-refractivity contribution is 0.0884. The second-order valence-electron chi connectivity index (χ2n) is 5.35. The first-order chi connectivity index (χ1) is 9.08. The third kappa shape index (κ3) is 3.53. The number of amides is 1. The van der Waals surface area contributed by atoms with E-state index in [0.29, 0.717) is 18.8 Å². The highest BCUT2D eigenvalue weighted by molar-refractivity contribution is 5.92. The van der Waals surface area contributed by atoms with Gasteiger partial charge in [-0.25, -0.2) is 0 Å². The molecule has 0 spiro atoms. The molecule has 0 radical (unpaired) electrons. The van der Waals surface area contributed by atoms with Crippen molar-refractivity contribution in [3.63, 3.8) is 0 Å². The first-order valence-corrected chi connectivity index (χ1v) is 6.72. The van der Waals surface area contributed by atoms with E-state index in [-0.39, 0.29) is 23.9 Å². The van der Waals surface area contributed by atoms with Gasteiger partial charge in [0.1, 0.15) is 5.69 Å².